The largest absolute Gasteiger partial charge is 0.465 e. The molecule has 0 unspecified atom stereocenters. The van der Waals surface area contributed by atoms with Crippen molar-refractivity contribution in [2.75, 3.05) is 7.11 Å². The lowest BCUT2D eigenvalue weighted by Gasteiger charge is -2.09. The van der Waals surface area contributed by atoms with Crippen molar-refractivity contribution in [3.8, 4) is 11.3 Å². The summed E-state index contributed by atoms with van der Waals surface area (Å²) in [5.41, 5.74) is 1.50. The minimum absolute atomic E-state index is 0.225. The maximum atomic E-state index is 12.6. The second-order valence-electron chi connectivity index (χ2n) is 4.44. The molecule has 0 bridgehead atoms. The van der Waals surface area contributed by atoms with Crippen LogP contribution in [-0.4, -0.2) is 22.5 Å². The molecule has 0 aliphatic rings. The minimum Gasteiger partial charge on any atom is -0.465 e. The van der Waals surface area contributed by atoms with Crippen LogP contribution in [0.25, 0.3) is 16.8 Å². The smallest absolute Gasteiger partial charge is 0.340 e. The number of carbonyl (C=O) groups excluding carboxylic acids is 1. The van der Waals surface area contributed by atoms with Gasteiger partial charge in [-0.1, -0.05) is 12.1 Å². The van der Waals surface area contributed by atoms with Crippen molar-refractivity contribution >= 4 is 11.5 Å². The monoisotopic (exact) mass is 280 g/mol. The van der Waals surface area contributed by atoms with Crippen LogP contribution in [0.1, 0.15) is 10.4 Å². The van der Waals surface area contributed by atoms with Crippen molar-refractivity contribution in [2.45, 2.75) is 0 Å². The standard InChI is InChI=1S/C16H12N2O3/c1-21-16(20)12-10-11(13-6-2-4-8-17-13)15(19)18-9-5-3-7-14(12)18/h2-10H,1H3. The van der Waals surface area contributed by atoms with Crippen LogP contribution in [0.4, 0.5) is 0 Å². The lowest BCUT2D eigenvalue weighted by atomic mass is 10.1. The van der Waals surface area contributed by atoms with Gasteiger partial charge in [-0.05, 0) is 30.3 Å². The summed E-state index contributed by atoms with van der Waals surface area (Å²) in [5.74, 6) is -0.490. The van der Waals surface area contributed by atoms with Gasteiger partial charge in [-0.25, -0.2) is 4.79 Å². The number of rotatable bonds is 2. The summed E-state index contributed by atoms with van der Waals surface area (Å²) >= 11 is 0. The van der Waals surface area contributed by atoms with Crippen LogP contribution in [0.3, 0.4) is 0 Å². The number of methoxy groups -OCH3 is 1. The van der Waals surface area contributed by atoms with Gasteiger partial charge < -0.3 is 4.74 Å². The molecule has 5 heteroatoms. The van der Waals surface area contributed by atoms with E-state index in [1.807, 2.05) is 0 Å². The van der Waals surface area contributed by atoms with Gasteiger partial charge in [-0.15, -0.1) is 0 Å². The molecule has 0 saturated carbocycles. The molecule has 0 spiro atoms. The van der Waals surface area contributed by atoms with Crippen LogP contribution in [0.15, 0.2) is 59.7 Å². The van der Waals surface area contributed by atoms with Gasteiger partial charge in [-0.3, -0.25) is 14.2 Å². The van der Waals surface area contributed by atoms with Crippen LogP contribution in [0.2, 0.25) is 0 Å². The van der Waals surface area contributed by atoms with E-state index < -0.39 is 5.97 Å². The van der Waals surface area contributed by atoms with Crippen LogP contribution < -0.4 is 5.56 Å². The van der Waals surface area contributed by atoms with Gasteiger partial charge in [0.2, 0.25) is 0 Å². The number of hydrogen-bond donors (Lipinski definition) is 0. The minimum atomic E-state index is -0.490. The molecule has 0 amide bonds. The van der Waals surface area contributed by atoms with E-state index in [1.54, 1.807) is 48.8 Å². The average molecular weight is 280 g/mol. The quantitative estimate of drug-likeness (QED) is 0.675. The van der Waals surface area contributed by atoms with Crippen LogP contribution in [0.5, 0.6) is 0 Å². The number of aromatic nitrogens is 2. The van der Waals surface area contributed by atoms with Gasteiger partial charge in [0.1, 0.15) is 0 Å². The summed E-state index contributed by atoms with van der Waals surface area (Å²) in [6.07, 6.45) is 3.23. The maximum Gasteiger partial charge on any atom is 0.340 e. The number of esters is 1. The second kappa shape index (κ2) is 5.20. The lowest BCUT2D eigenvalue weighted by Crippen LogP contribution is -2.19. The number of pyridine rings is 3. The Morgan fingerprint density at radius 1 is 1.19 bits per heavy atom. The van der Waals surface area contributed by atoms with E-state index in [4.69, 9.17) is 4.74 Å². The van der Waals surface area contributed by atoms with E-state index in [2.05, 4.69) is 4.98 Å². The first-order valence-electron chi connectivity index (χ1n) is 6.36. The Bertz CT molecular complexity index is 870. The SMILES string of the molecule is COC(=O)c1cc(-c2ccccn2)c(=O)n2ccccc12. The zero-order valence-corrected chi connectivity index (χ0v) is 11.3. The molecule has 0 aliphatic heterocycles. The Kier molecular flexibility index (Phi) is 3.23. The Morgan fingerprint density at radius 2 is 2.00 bits per heavy atom. The molecule has 104 valence electrons. The summed E-state index contributed by atoms with van der Waals surface area (Å²) in [6, 6.07) is 12.0. The van der Waals surface area contributed by atoms with E-state index in [-0.39, 0.29) is 5.56 Å². The van der Waals surface area contributed by atoms with Crippen molar-refractivity contribution in [2.24, 2.45) is 0 Å². The van der Waals surface area contributed by atoms with Crippen molar-refractivity contribution in [3.05, 3.63) is 70.8 Å². The third kappa shape index (κ3) is 2.18. The van der Waals surface area contributed by atoms with E-state index in [9.17, 15) is 9.59 Å². The van der Waals surface area contributed by atoms with Crippen LogP contribution in [-0.2, 0) is 4.74 Å². The van der Waals surface area contributed by atoms with Gasteiger partial charge in [0.25, 0.3) is 5.56 Å². The second-order valence-corrected chi connectivity index (χ2v) is 4.44. The van der Waals surface area contributed by atoms with E-state index in [1.165, 1.54) is 17.6 Å². The van der Waals surface area contributed by atoms with E-state index in [0.717, 1.165) is 0 Å². The molecule has 3 aromatic heterocycles. The first kappa shape index (κ1) is 13.1. The van der Waals surface area contributed by atoms with Crippen LogP contribution >= 0.6 is 0 Å². The molecule has 0 saturated heterocycles. The third-order valence-corrected chi connectivity index (χ3v) is 3.22. The first-order valence-corrected chi connectivity index (χ1v) is 6.36. The summed E-state index contributed by atoms with van der Waals surface area (Å²) in [4.78, 5) is 28.7. The third-order valence-electron chi connectivity index (χ3n) is 3.22. The highest BCUT2D eigenvalue weighted by molar-refractivity contribution is 5.98. The number of nitrogens with zero attached hydrogens (tertiary/aromatic N) is 2. The summed E-state index contributed by atoms with van der Waals surface area (Å²) < 4.78 is 6.23. The van der Waals surface area contributed by atoms with Crippen molar-refractivity contribution in [3.63, 3.8) is 0 Å². The Balaban J connectivity index is 2.40. The molecule has 0 radical (unpaired) electrons. The van der Waals surface area contributed by atoms with Gasteiger partial charge in [0.05, 0.1) is 29.4 Å². The molecular formula is C16H12N2O3. The molecule has 0 N–H and O–H groups in total. The fourth-order valence-corrected chi connectivity index (χ4v) is 2.23. The molecule has 3 aromatic rings. The molecule has 3 rings (SSSR count). The lowest BCUT2D eigenvalue weighted by molar-refractivity contribution is 0.0602. The zero-order chi connectivity index (χ0) is 14.8. The highest BCUT2D eigenvalue weighted by Gasteiger charge is 2.16. The molecule has 5 nitrogen and oxygen atoms in total. The van der Waals surface area contributed by atoms with Crippen molar-refractivity contribution in [1.29, 1.82) is 0 Å². The molecule has 3 heterocycles. The number of ether oxygens (including phenoxy) is 1. The summed E-state index contributed by atoms with van der Waals surface area (Å²) in [5, 5.41) is 0. The van der Waals surface area contributed by atoms with E-state index in [0.29, 0.717) is 22.3 Å². The molecule has 21 heavy (non-hydrogen) atoms. The number of fused-ring (bicyclic) bond motifs is 1. The predicted octanol–water partition coefficient (Wildman–Crippen LogP) is 2.15. The van der Waals surface area contributed by atoms with Gasteiger partial charge in [0, 0.05) is 12.4 Å². The van der Waals surface area contributed by atoms with Gasteiger partial charge in [-0.2, -0.15) is 0 Å². The summed E-state index contributed by atoms with van der Waals surface area (Å²) in [6.45, 7) is 0. The van der Waals surface area contributed by atoms with Gasteiger partial charge >= 0.3 is 5.97 Å². The van der Waals surface area contributed by atoms with Crippen molar-refractivity contribution in [1.82, 2.24) is 9.38 Å². The van der Waals surface area contributed by atoms with Crippen molar-refractivity contribution < 1.29 is 9.53 Å². The fraction of sp³-hybridized carbons (Fsp3) is 0.0625. The fourth-order valence-electron chi connectivity index (χ4n) is 2.23. The Labute approximate surface area is 120 Å². The molecular weight excluding hydrogens is 268 g/mol. The Hall–Kier alpha value is -2.95. The number of carbonyl (C=O) groups is 1. The topological polar surface area (TPSA) is 60.7 Å². The van der Waals surface area contributed by atoms with Crippen LogP contribution in [0, 0.1) is 0 Å². The number of hydrogen-bond acceptors (Lipinski definition) is 4. The summed E-state index contributed by atoms with van der Waals surface area (Å²) in [7, 11) is 1.31. The average Bonchev–Trinajstić information content (AvgIpc) is 2.55. The molecule has 0 atom stereocenters. The highest BCUT2D eigenvalue weighted by Crippen LogP contribution is 2.18. The first-order chi connectivity index (χ1) is 10.2. The highest BCUT2D eigenvalue weighted by atomic mass is 16.5. The zero-order valence-electron chi connectivity index (χ0n) is 11.3. The van der Waals surface area contributed by atoms with Gasteiger partial charge in [0.15, 0.2) is 0 Å². The van der Waals surface area contributed by atoms with E-state index >= 15 is 0 Å². The molecule has 0 fully saturated rings. The predicted molar refractivity (Wildman–Crippen MR) is 78.2 cm³/mol. The Morgan fingerprint density at radius 3 is 2.71 bits per heavy atom. The molecule has 0 aliphatic carbocycles. The normalized spacial score (nSPS) is 10.5. The maximum absolute atomic E-state index is 12.6. The molecule has 0 aromatic carbocycles.